The minimum Gasteiger partial charge on any atom is -0.355 e. The summed E-state index contributed by atoms with van der Waals surface area (Å²) in [5, 5.41) is 3.54. The molecule has 8 heteroatoms. The van der Waals surface area contributed by atoms with Crippen LogP contribution in [0.25, 0.3) is 0 Å². The Hall–Kier alpha value is -1.27. The fourth-order valence-electron chi connectivity index (χ4n) is 1.25. The van der Waals surface area contributed by atoms with Crippen molar-refractivity contribution >= 4 is 13.5 Å². The first-order valence-corrected chi connectivity index (χ1v) is 5.93. The lowest BCUT2D eigenvalue weighted by Gasteiger charge is -2.05. The van der Waals surface area contributed by atoms with Crippen LogP contribution in [0.1, 0.15) is 12.2 Å². The van der Waals surface area contributed by atoms with Crippen LogP contribution < -0.4 is 0 Å². The Labute approximate surface area is 90.7 Å². The molecule has 0 atom stereocenters. The van der Waals surface area contributed by atoms with E-state index in [1.165, 1.54) is 12.4 Å². The highest BCUT2D eigenvalue weighted by atomic mass is 31.2. The summed E-state index contributed by atoms with van der Waals surface area (Å²) < 4.78 is 19.7. The Bertz CT molecular complexity index is 473. The van der Waals surface area contributed by atoms with E-state index in [2.05, 4.69) is 14.7 Å². The van der Waals surface area contributed by atoms with Gasteiger partial charge in [0.2, 0.25) is 0 Å². The highest BCUT2D eigenvalue weighted by Gasteiger charge is 2.19. The van der Waals surface area contributed by atoms with Crippen molar-refractivity contribution in [1.82, 2.24) is 5.16 Å². The highest BCUT2D eigenvalue weighted by molar-refractivity contribution is 7.46. The maximum atomic E-state index is 10.5. The summed E-state index contributed by atoms with van der Waals surface area (Å²) in [5.41, 5.74) is 1.34. The van der Waals surface area contributed by atoms with Crippen molar-refractivity contribution in [2.45, 2.75) is 6.42 Å². The van der Waals surface area contributed by atoms with Gasteiger partial charge in [-0.1, -0.05) is 5.16 Å². The monoisotopic (exact) mass is 244 g/mol. The molecule has 0 saturated carbocycles. The summed E-state index contributed by atoms with van der Waals surface area (Å²) in [6, 6.07) is 1.67. The van der Waals surface area contributed by atoms with Crippen LogP contribution in [0.15, 0.2) is 33.6 Å². The van der Waals surface area contributed by atoms with Gasteiger partial charge in [0.25, 0.3) is 0 Å². The van der Waals surface area contributed by atoms with Crippen LogP contribution in [0.3, 0.4) is 0 Å². The van der Waals surface area contributed by atoms with E-state index in [0.717, 1.165) is 0 Å². The van der Waals surface area contributed by atoms with Crippen LogP contribution in [0, 0.1) is 0 Å². The molecule has 0 radical (unpaired) electrons. The Morgan fingerprint density at radius 1 is 1.56 bits per heavy atom. The molecule has 0 unspecified atom stereocenters. The number of aromatic nitrogens is 1. The predicted molar refractivity (Wildman–Crippen MR) is 53.7 cm³/mol. The number of phosphoric acid groups is 1. The molecule has 16 heavy (non-hydrogen) atoms. The molecule has 1 aliphatic rings. The number of aliphatic imine (C=N–C) groups is 1. The van der Waals surface area contributed by atoms with Gasteiger partial charge in [0.15, 0.2) is 5.76 Å². The molecule has 0 bridgehead atoms. The molecule has 2 rings (SSSR count). The van der Waals surface area contributed by atoms with E-state index in [4.69, 9.17) is 14.3 Å². The summed E-state index contributed by atoms with van der Waals surface area (Å²) in [5.74, 6) is 0.544. The van der Waals surface area contributed by atoms with E-state index >= 15 is 0 Å². The molecule has 7 nitrogen and oxygen atoms in total. The van der Waals surface area contributed by atoms with Crippen LogP contribution in [0.5, 0.6) is 0 Å². The molecule has 2 N–H and O–H groups in total. The Morgan fingerprint density at radius 3 is 3.00 bits per heavy atom. The third-order valence-electron chi connectivity index (χ3n) is 1.94. The van der Waals surface area contributed by atoms with E-state index in [-0.39, 0.29) is 6.61 Å². The van der Waals surface area contributed by atoms with Gasteiger partial charge in [-0.15, -0.1) is 0 Å². The van der Waals surface area contributed by atoms with Gasteiger partial charge in [0, 0.05) is 18.7 Å². The molecule has 0 saturated heterocycles. The van der Waals surface area contributed by atoms with Gasteiger partial charge >= 0.3 is 7.82 Å². The standard InChI is InChI=1S/C8H9N2O5P/c11-16(12,13)14-5-6-3-7(9-4-6)8-1-2-10-15-8/h1-2,4H,3,5H2,(H2,11,12,13). The van der Waals surface area contributed by atoms with Gasteiger partial charge < -0.3 is 14.3 Å². The van der Waals surface area contributed by atoms with Crippen LogP contribution in [0.2, 0.25) is 0 Å². The molecule has 0 fully saturated rings. The predicted octanol–water partition coefficient (Wildman–Crippen LogP) is 0.861. The van der Waals surface area contributed by atoms with Crippen LogP contribution in [-0.4, -0.2) is 27.3 Å². The molecule has 0 spiro atoms. The smallest absolute Gasteiger partial charge is 0.355 e. The van der Waals surface area contributed by atoms with E-state index in [0.29, 0.717) is 23.5 Å². The minimum absolute atomic E-state index is 0.147. The van der Waals surface area contributed by atoms with Crippen LogP contribution >= 0.6 is 7.82 Å². The minimum atomic E-state index is -4.43. The topological polar surface area (TPSA) is 105 Å². The highest BCUT2D eigenvalue weighted by Crippen LogP contribution is 2.36. The van der Waals surface area contributed by atoms with Crippen molar-refractivity contribution in [2.75, 3.05) is 6.61 Å². The average Bonchev–Trinajstić information content (AvgIpc) is 2.84. The Morgan fingerprint density at radius 2 is 2.38 bits per heavy atom. The number of hydrogen-bond acceptors (Lipinski definition) is 5. The fraction of sp³-hybridized carbons (Fsp3) is 0.250. The van der Waals surface area contributed by atoms with E-state index in [1.54, 1.807) is 6.07 Å². The largest absolute Gasteiger partial charge is 0.469 e. The van der Waals surface area contributed by atoms with Crippen LogP contribution in [0.4, 0.5) is 0 Å². The zero-order chi connectivity index (χ0) is 11.6. The van der Waals surface area contributed by atoms with Crippen molar-refractivity contribution in [3.8, 4) is 0 Å². The van der Waals surface area contributed by atoms with Gasteiger partial charge in [0.05, 0.1) is 18.5 Å². The fourth-order valence-corrected chi connectivity index (χ4v) is 1.58. The summed E-state index contributed by atoms with van der Waals surface area (Å²) in [6.07, 6.45) is 3.45. The van der Waals surface area contributed by atoms with Crippen molar-refractivity contribution in [3.63, 3.8) is 0 Å². The number of phosphoric ester groups is 1. The summed E-state index contributed by atoms with van der Waals surface area (Å²) in [6.45, 7) is -0.147. The Balaban J connectivity index is 1.89. The van der Waals surface area contributed by atoms with Crippen molar-refractivity contribution in [1.29, 1.82) is 0 Å². The van der Waals surface area contributed by atoms with Gasteiger partial charge in [-0.3, -0.25) is 9.52 Å². The zero-order valence-electron chi connectivity index (χ0n) is 8.11. The lowest BCUT2D eigenvalue weighted by Crippen LogP contribution is -2.00. The second-order valence-corrected chi connectivity index (χ2v) is 4.42. The second-order valence-electron chi connectivity index (χ2n) is 3.18. The number of nitrogens with zero attached hydrogens (tertiary/aromatic N) is 2. The maximum Gasteiger partial charge on any atom is 0.469 e. The number of rotatable bonds is 4. The lowest BCUT2D eigenvalue weighted by atomic mass is 10.1. The average molecular weight is 244 g/mol. The molecule has 0 aromatic carbocycles. The summed E-state index contributed by atoms with van der Waals surface area (Å²) >= 11 is 0. The molecule has 0 aliphatic carbocycles. The first kappa shape index (κ1) is 11.2. The quantitative estimate of drug-likeness (QED) is 0.761. The molecule has 1 aliphatic heterocycles. The summed E-state index contributed by atoms with van der Waals surface area (Å²) in [7, 11) is -4.43. The van der Waals surface area contributed by atoms with Gasteiger partial charge in [-0.05, 0) is 5.57 Å². The zero-order valence-corrected chi connectivity index (χ0v) is 9.00. The van der Waals surface area contributed by atoms with E-state index < -0.39 is 7.82 Å². The molecule has 2 heterocycles. The van der Waals surface area contributed by atoms with E-state index in [1.807, 2.05) is 0 Å². The normalized spacial score (nSPS) is 16.1. The molecule has 1 aromatic heterocycles. The maximum absolute atomic E-state index is 10.5. The SMILES string of the molecule is O=P(O)(O)OCC1=CN=C(c2ccno2)C1. The van der Waals surface area contributed by atoms with E-state index in [9.17, 15) is 4.57 Å². The van der Waals surface area contributed by atoms with Crippen molar-refractivity contribution < 1.29 is 23.4 Å². The lowest BCUT2D eigenvalue weighted by molar-refractivity contribution is 0.211. The molecule has 1 aromatic rings. The van der Waals surface area contributed by atoms with Crippen LogP contribution in [-0.2, 0) is 9.09 Å². The third kappa shape index (κ3) is 2.86. The second kappa shape index (κ2) is 4.31. The third-order valence-corrected chi connectivity index (χ3v) is 2.40. The molecular weight excluding hydrogens is 235 g/mol. The number of hydrogen-bond donors (Lipinski definition) is 2. The molecule has 0 amide bonds. The first-order chi connectivity index (χ1) is 7.54. The van der Waals surface area contributed by atoms with Crippen molar-refractivity contribution in [3.05, 3.63) is 29.8 Å². The van der Waals surface area contributed by atoms with Crippen molar-refractivity contribution in [2.24, 2.45) is 4.99 Å². The molecule has 86 valence electrons. The van der Waals surface area contributed by atoms with Gasteiger partial charge in [-0.2, -0.15) is 0 Å². The summed E-state index contributed by atoms with van der Waals surface area (Å²) in [4.78, 5) is 21.1. The Kier molecular flexibility index (Phi) is 3.02. The first-order valence-electron chi connectivity index (χ1n) is 4.40. The van der Waals surface area contributed by atoms with Gasteiger partial charge in [0.1, 0.15) is 0 Å². The van der Waals surface area contributed by atoms with Gasteiger partial charge in [-0.25, -0.2) is 4.57 Å². The molecular formula is C8H9N2O5P.